The molecule has 3 nitrogen and oxygen atoms in total. The van der Waals surface area contributed by atoms with Crippen LogP contribution in [0.1, 0.15) is 82.1 Å². The van der Waals surface area contributed by atoms with Crippen molar-refractivity contribution in [2.24, 2.45) is 5.41 Å². The molecule has 0 radical (unpaired) electrons. The Morgan fingerprint density at radius 2 is 1.62 bits per heavy atom. The Labute approximate surface area is 158 Å². The molecule has 0 amide bonds. The molecule has 0 atom stereocenters. The Hall–Kier alpha value is -1.45. The monoisotopic (exact) mass is 358 g/mol. The molecular formula is C23H34O3. The summed E-state index contributed by atoms with van der Waals surface area (Å²) < 4.78 is 11.5. The molecule has 0 N–H and O–H groups in total. The normalized spacial score (nSPS) is 18.9. The van der Waals surface area contributed by atoms with E-state index >= 15 is 0 Å². The van der Waals surface area contributed by atoms with Gasteiger partial charge in [0, 0.05) is 17.4 Å². The molecule has 26 heavy (non-hydrogen) atoms. The molecule has 1 aliphatic rings. The van der Waals surface area contributed by atoms with Gasteiger partial charge in [-0.25, -0.2) is 0 Å². The second kappa shape index (κ2) is 9.48. The topological polar surface area (TPSA) is 35.5 Å². The highest BCUT2D eigenvalue weighted by molar-refractivity contribution is 5.96. The lowest BCUT2D eigenvalue weighted by Gasteiger charge is -2.39. The first-order valence-electron chi connectivity index (χ1n) is 9.94. The first kappa shape index (κ1) is 20.9. The minimum atomic E-state index is -0.494. The number of unbranched alkanes of at least 4 members (excludes halogenated alkanes) is 4. The van der Waals surface area contributed by atoms with Crippen LogP contribution in [0.2, 0.25) is 0 Å². The highest BCUT2D eigenvalue weighted by atomic mass is 16.7. The largest absolute Gasteiger partial charge is 0.350 e. The van der Waals surface area contributed by atoms with Gasteiger partial charge in [0.2, 0.25) is 0 Å². The van der Waals surface area contributed by atoms with Gasteiger partial charge in [0.15, 0.2) is 11.6 Å². The van der Waals surface area contributed by atoms with Crippen molar-refractivity contribution in [3.05, 3.63) is 41.5 Å². The van der Waals surface area contributed by atoms with Crippen molar-refractivity contribution in [3.8, 4) is 0 Å². The van der Waals surface area contributed by atoms with Gasteiger partial charge in [-0.2, -0.15) is 0 Å². The number of ketones is 1. The molecule has 0 bridgehead atoms. The van der Waals surface area contributed by atoms with Gasteiger partial charge in [0.25, 0.3) is 0 Å². The maximum Gasteiger partial charge on any atom is 0.162 e. The van der Waals surface area contributed by atoms with Gasteiger partial charge in [0.1, 0.15) is 0 Å². The number of ether oxygens (including phenoxy) is 2. The minimum Gasteiger partial charge on any atom is -0.350 e. The van der Waals surface area contributed by atoms with Crippen molar-refractivity contribution >= 4 is 11.9 Å². The fraction of sp³-hybridized carbons (Fsp3) is 0.609. The third-order valence-electron chi connectivity index (χ3n) is 4.92. The molecule has 1 aliphatic heterocycles. The maximum atomic E-state index is 12.3. The number of rotatable bonds is 9. The fourth-order valence-electron chi connectivity index (χ4n) is 2.97. The van der Waals surface area contributed by atoms with Crippen LogP contribution in [0.25, 0.3) is 6.08 Å². The van der Waals surface area contributed by atoms with E-state index in [1.54, 1.807) is 0 Å². The average molecular weight is 359 g/mol. The molecule has 3 heteroatoms. The van der Waals surface area contributed by atoms with Crippen LogP contribution in [-0.2, 0) is 9.47 Å². The third-order valence-corrected chi connectivity index (χ3v) is 4.92. The molecule has 0 saturated carbocycles. The van der Waals surface area contributed by atoms with Crippen molar-refractivity contribution in [2.75, 3.05) is 13.2 Å². The first-order chi connectivity index (χ1) is 12.3. The van der Waals surface area contributed by atoms with Gasteiger partial charge in [-0.15, -0.1) is 0 Å². The molecule has 2 rings (SSSR count). The number of hydrogen-bond donors (Lipinski definition) is 0. The Bertz CT molecular complexity index is 588. The fourth-order valence-corrected chi connectivity index (χ4v) is 2.97. The summed E-state index contributed by atoms with van der Waals surface area (Å²) in [6, 6.07) is 7.90. The van der Waals surface area contributed by atoms with Gasteiger partial charge in [-0.1, -0.05) is 75.9 Å². The zero-order valence-electron chi connectivity index (χ0n) is 16.8. The van der Waals surface area contributed by atoms with Crippen molar-refractivity contribution in [1.29, 1.82) is 0 Å². The Morgan fingerprint density at radius 3 is 2.23 bits per heavy atom. The van der Waals surface area contributed by atoms with E-state index < -0.39 is 5.79 Å². The van der Waals surface area contributed by atoms with E-state index in [2.05, 4.69) is 26.0 Å². The van der Waals surface area contributed by atoms with Crippen molar-refractivity contribution < 1.29 is 14.3 Å². The van der Waals surface area contributed by atoms with Gasteiger partial charge in [-0.3, -0.25) is 4.79 Å². The van der Waals surface area contributed by atoms with Crippen LogP contribution in [0.4, 0.5) is 0 Å². The van der Waals surface area contributed by atoms with E-state index in [0.717, 1.165) is 24.0 Å². The predicted molar refractivity (Wildman–Crippen MR) is 107 cm³/mol. The van der Waals surface area contributed by atoms with E-state index in [4.69, 9.17) is 9.47 Å². The van der Waals surface area contributed by atoms with Crippen LogP contribution in [0.5, 0.6) is 0 Å². The van der Waals surface area contributed by atoms with E-state index in [0.29, 0.717) is 19.6 Å². The highest BCUT2D eigenvalue weighted by Crippen LogP contribution is 2.31. The molecule has 0 spiro atoms. The molecule has 144 valence electrons. The Morgan fingerprint density at radius 1 is 1.00 bits per heavy atom. The second-order valence-electron chi connectivity index (χ2n) is 8.17. The summed E-state index contributed by atoms with van der Waals surface area (Å²) in [5, 5.41) is 0. The molecule has 0 aliphatic carbocycles. The maximum absolute atomic E-state index is 12.3. The highest BCUT2D eigenvalue weighted by Gasteiger charge is 2.34. The predicted octanol–water partition coefficient (Wildman–Crippen LogP) is 6.03. The number of benzene rings is 1. The lowest BCUT2D eigenvalue weighted by Crippen LogP contribution is -2.44. The van der Waals surface area contributed by atoms with Gasteiger partial charge in [-0.05, 0) is 25.8 Å². The van der Waals surface area contributed by atoms with Crippen molar-refractivity contribution in [2.45, 2.75) is 72.0 Å². The van der Waals surface area contributed by atoms with E-state index in [1.165, 1.54) is 19.3 Å². The second-order valence-corrected chi connectivity index (χ2v) is 8.17. The lowest BCUT2D eigenvalue weighted by atomic mass is 9.90. The summed E-state index contributed by atoms with van der Waals surface area (Å²) in [5.74, 6) is -0.244. The van der Waals surface area contributed by atoms with Crippen LogP contribution < -0.4 is 0 Å². The molecule has 1 heterocycles. The third kappa shape index (κ3) is 6.69. The molecule has 1 saturated heterocycles. The zero-order valence-corrected chi connectivity index (χ0v) is 16.8. The summed E-state index contributed by atoms with van der Waals surface area (Å²) in [5.41, 5.74) is 1.79. The van der Waals surface area contributed by atoms with Gasteiger partial charge >= 0.3 is 0 Å². The van der Waals surface area contributed by atoms with Crippen LogP contribution >= 0.6 is 0 Å². The van der Waals surface area contributed by atoms with Crippen molar-refractivity contribution in [1.82, 2.24) is 0 Å². The van der Waals surface area contributed by atoms with E-state index in [1.807, 2.05) is 38.1 Å². The van der Waals surface area contributed by atoms with Crippen LogP contribution in [0.15, 0.2) is 30.3 Å². The molecule has 1 fully saturated rings. The molecule has 0 unspecified atom stereocenters. The molecule has 0 aromatic heterocycles. The Balaban J connectivity index is 1.84. The van der Waals surface area contributed by atoms with Crippen LogP contribution in [-0.4, -0.2) is 24.8 Å². The van der Waals surface area contributed by atoms with Crippen LogP contribution in [0, 0.1) is 5.41 Å². The number of hydrogen-bond acceptors (Lipinski definition) is 3. The van der Waals surface area contributed by atoms with Gasteiger partial charge in [0.05, 0.1) is 13.2 Å². The number of carbonyl (C=O) groups is 1. The SMILES string of the molecule is CCCCCCCC(=O)c1ccc(/C=C/C2(C)COC(C)(C)OC2)cc1. The quantitative estimate of drug-likeness (QED) is 0.399. The number of carbonyl (C=O) groups excluding carboxylic acids is 1. The van der Waals surface area contributed by atoms with E-state index in [-0.39, 0.29) is 11.2 Å². The van der Waals surface area contributed by atoms with Crippen molar-refractivity contribution in [3.63, 3.8) is 0 Å². The molecule has 1 aromatic carbocycles. The number of Topliss-reactive ketones (excluding diaryl/α,β-unsaturated/α-hetero) is 1. The molecular weight excluding hydrogens is 324 g/mol. The Kier molecular flexibility index (Phi) is 7.60. The van der Waals surface area contributed by atoms with E-state index in [9.17, 15) is 4.79 Å². The summed E-state index contributed by atoms with van der Waals surface area (Å²) in [6.45, 7) is 9.51. The minimum absolute atomic E-state index is 0.123. The summed E-state index contributed by atoms with van der Waals surface area (Å²) in [7, 11) is 0. The smallest absolute Gasteiger partial charge is 0.162 e. The van der Waals surface area contributed by atoms with Crippen LogP contribution in [0.3, 0.4) is 0 Å². The zero-order chi connectivity index (χ0) is 19.0. The summed E-state index contributed by atoms with van der Waals surface area (Å²) >= 11 is 0. The summed E-state index contributed by atoms with van der Waals surface area (Å²) in [4.78, 5) is 12.3. The lowest BCUT2D eigenvalue weighted by molar-refractivity contribution is -0.273. The molecule has 1 aromatic rings. The first-order valence-corrected chi connectivity index (χ1v) is 9.94. The van der Waals surface area contributed by atoms with Gasteiger partial charge < -0.3 is 9.47 Å². The average Bonchev–Trinajstić information content (AvgIpc) is 2.63. The standard InChI is InChI=1S/C23H34O3/c1-5-6-7-8-9-10-21(24)20-13-11-19(12-14-20)15-16-23(4)17-25-22(2,3)26-18-23/h11-16H,5-10,17-18H2,1-4H3/b16-15+. The summed E-state index contributed by atoms with van der Waals surface area (Å²) in [6.07, 6.45) is 10.8.